The van der Waals surface area contributed by atoms with E-state index in [4.69, 9.17) is 16.3 Å². The predicted molar refractivity (Wildman–Crippen MR) is 131 cm³/mol. The van der Waals surface area contributed by atoms with Crippen molar-refractivity contribution < 1.29 is 14.3 Å². The van der Waals surface area contributed by atoms with Gasteiger partial charge in [-0.05, 0) is 43.9 Å². The summed E-state index contributed by atoms with van der Waals surface area (Å²) >= 11 is 6.12. The van der Waals surface area contributed by atoms with Crippen LogP contribution in [-0.4, -0.2) is 40.6 Å². The van der Waals surface area contributed by atoms with E-state index >= 15 is 0 Å². The highest BCUT2D eigenvalue weighted by Gasteiger charge is 2.23. The van der Waals surface area contributed by atoms with Crippen molar-refractivity contribution in [1.82, 2.24) is 20.2 Å². The number of carbonyl (C=O) groups excluding carboxylic acids is 2. The molecule has 34 heavy (non-hydrogen) atoms. The number of hydrogen-bond acceptors (Lipinski definition) is 6. The van der Waals surface area contributed by atoms with E-state index in [0.29, 0.717) is 34.5 Å². The van der Waals surface area contributed by atoms with Gasteiger partial charge in [-0.2, -0.15) is 0 Å². The molecule has 1 atom stereocenters. The van der Waals surface area contributed by atoms with Gasteiger partial charge in [0.05, 0.1) is 0 Å². The van der Waals surface area contributed by atoms with Crippen LogP contribution in [0.4, 0.5) is 5.82 Å². The van der Waals surface area contributed by atoms with Gasteiger partial charge in [-0.15, -0.1) is 0 Å². The average Bonchev–Trinajstić information content (AvgIpc) is 3.62. The second-order valence-electron chi connectivity index (χ2n) is 8.69. The molecule has 0 radical (unpaired) electrons. The third-order valence-electron chi connectivity index (χ3n) is 5.67. The Bertz CT molecular complexity index is 1080. The molecule has 184 valence electrons. The summed E-state index contributed by atoms with van der Waals surface area (Å²) in [6, 6.07) is 5.26. The summed E-state index contributed by atoms with van der Waals surface area (Å²) in [6.45, 7) is 6.40. The summed E-state index contributed by atoms with van der Waals surface area (Å²) in [5.74, 6) is 0.561. The van der Waals surface area contributed by atoms with E-state index in [2.05, 4.69) is 34.8 Å². The lowest BCUT2D eigenvalue weighted by Crippen LogP contribution is -2.35. The maximum atomic E-state index is 12.8. The number of nitrogens with zero attached hydrogens (tertiary/aromatic N) is 2. The maximum Gasteiger partial charge on any atom is 0.293 e. The van der Waals surface area contributed by atoms with E-state index in [-0.39, 0.29) is 48.9 Å². The molecular formula is C24H32ClN5O4. The lowest BCUT2D eigenvalue weighted by Gasteiger charge is -2.15. The highest BCUT2D eigenvalue weighted by Crippen LogP contribution is 2.23. The minimum atomic E-state index is -0.346. The van der Waals surface area contributed by atoms with Gasteiger partial charge in [0.1, 0.15) is 12.3 Å². The molecule has 3 N–H and O–H groups in total. The molecule has 1 aromatic carbocycles. The van der Waals surface area contributed by atoms with Crippen molar-refractivity contribution >= 4 is 29.2 Å². The van der Waals surface area contributed by atoms with E-state index in [9.17, 15) is 14.4 Å². The Morgan fingerprint density at radius 1 is 1.29 bits per heavy atom. The van der Waals surface area contributed by atoms with Crippen LogP contribution in [0.3, 0.4) is 0 Å². The zero-order chi connectivity index (χ0) is 24.7. The van der Waals surface area contributed by atoms with Gasteiger partial charge in [0.2, 0.25) is 5.91 Å². The van der Waals surface area contributed by atoms with Crippen LogP contribution in [0.25, 0.3) is 0 Å². The second-order valence-corrected chi connectivity index (χ2v) is 9.13. The van der Waals surface area contributed by atoms with E-state index in [1.807, 2.05) is 0 Å². The molecular weight excluding hydrogens is 458 g/mol. The van der Waals surface area contributed by atoms with Crippen LogP contribution >= 0.6 is 11.6 Å². The van der Waals surface area contributed by atoms with Crippen molar-refractivity contribution in [3.05, 3.63) is 51.0 Å². The van der Waals surface area contributed by atoms with Crippen molar-refractivity contribution in [2.45, 2.75) is 59.2 Å². The number of nitrogens with one attached hydrogen (secondary N) is 3. The molecule has 0 unspecified atom stereocenters. The van der Waals surface area contributed by atoms with Crippen molar-refractivity contribution in [1.29, 1.82) is 0 Å². The third-order valence-corrected chi connectivity index (χ3v) is 5.91. The summed E-state index contributed by atoms with van der Waals surface area (Å²) in [4.78, 5) is 41.6. The number of anilines is 1. The monoisotopic (exact) mass is 489 g/mol. The van der Waals surface area contributed by atoms with E-state index < -0.39 is 0 Å². The van der Waals surface area contributed by atoms with Gasteiger partial charge in [-0.25, -0.2) is 4.98 Å². The minimum Gasteiger partial charge on any atom is -0.483 e. The fourth-order valence-electron chi connectivity index (χ4n) is 3.16. The van der Waals surface area contributed by atoms with Crippen LogP contribution in [0.15, 0.2) is 29.2 Å². The van der Waals surface area contributed by atoms with Gasteiger partial charge in [0.25, 0.3) is 11.5 Å². The molecule has 1 aromatic heterocycles. The van der Waals surface area contributed by atoms with Crippen LogP contribution in [0.5, 0.6) is 5.75 Å². The van der Waals surface area contributed by atoms with Crippen molar-refractivity contribution in [3.63, 3.8) is 0 Å². The molecule has 1 aliphatic carbocycles. The number of benzene rings is 1. The summed E-state index contributed by atoms with van der Waals surface area (Å²) < 4.78 is 7.04. The van der Waals surface area contributed by atoms with Crippen LogP contribution in [0.1, 0.15) is 44.4 Å². The third kappa shape index (κ3) is 7.48. The fourth-order valence-corrected chi connectivity index (χ4v) is 3.36. The minimum absolute atomic E-state index is 0.114. The maximum absolute atomic E-state index is 12.8. The van der Waals surface area contributed by atoms with Gasteiger partial charge < -0.3 is 20.7 Å². The summed E-state index contributed by atoms with van der Waals surface area (Å²) in [6.07, 6.45) is 4.55. The SMILES string of the molecule is CC[C@H](C)CNc1ncc(C)n(CC(=O)NCc2cc(Cl)ccc2OCC(=O)NC2CC2)c1=O. The van der Waals surface area contributed by atoms with Gasteiger partial charge in [-0.1, -0.05) is 31.9 Å². The highest BCUT2D eigenvalue weighted by molar-refractivity contribution is 6.30. The lowest BCUT2D eigenvalue weighted by molar-refractivity contribution is -0.123. The second kappa shape index (κ2) is 11.9. The quantitative estimate of drug-likeness (QED) is 0.422. The van der Waals surface area contributed by atoms with Crippen LogP contribution < -0.4 is 26.2 Å². The van der Waals surface area contributed by atoms with Crippen LogP contribution in [-0.2, 0) is 22.7 Å². The first-order valence-corrected chi connectivity index (χ1v) is 11.9. The number of aromatic nitrogens is 2. The molecule has 1 heterocycles. The molecule has 1 saturated carbocycles. The van der Waals surface area contributed by atoms with E-state index in [0.717, 1.165) is 19.3 Å². The molecule has 10 heteroatoms. The average molecular weight is 490 g/mol. The molecule has 0 bridgehead atoms. The number of amides is 2. The van der Waals surface area contributed by atoms with Crippen molar-refractivity contribution in [2.24, 2.45) is 5.92 Å². The Kier molecular flexibility index (Phi) is 8.92. The molecule has 1 aliphatic rings. The van der Waals surface area contributed by atoms with E-state index in [1.165, 1.54) is 4.57 Å². The smallest absolute Gasteiger partial charge is 0.293 e. The number of aryl methyl sites for hydroxylation is 1. The molecule has 9 nitrogen and oxygen atoms in total. The van der Waals surface area contributed by atoms with Crippen LogP contribution in [0.2, 0.25) is 5.02 Å². The van der Waals surface area contributed by atoms with Crippen molar-refractivity contribution in [2.75, 3.05) is 18.5 Å². The number of ether oxygens (including phenoxy) is 1. The Labute approximate surface area is 204 Å². The molecule has 2 amide bonds. The summed E-state index contributed by atoms with van der Waals surface area (Å²) in [5.41, 5.74) is 0.879. The van der Waals surface area contributed by atoms with Gasteiger partial charge in [-0.3, -0.25) is 19.0 Å². The molecule has 0 saturated heterocycles. The van der Waals surface area contributed by atoms with Crippen LogP contribution in [0, 0.1) is 12.8 Å². The highest BCUT2D eigenvalue weighted by atomic mass is 35.5. The Balaban J connectivity index is 1.61. The number of halogens is 1. The first kappa shape index (κ1) is 25.6. The summed E-state index contributed by atoms with van der Waals surface area (Å²) in [5, 5.41) is 9.22. The molecule has 1 fully saturated rings. The van der Waals surface area contributed by atoms with Crippen molar-refractivity contribution in [3.8, 4) is 5.75 Å². The molecule has 0 spiro atoms. The zero-order valence-corrected chi connectivity index (χ0v) is 20.6. The normalized spacial score (nSPS) is 13.8. The Morgan fingerprint density at radius 2 is 2.06 bits per heavy atom. The number of carbonyl (C=O) groups is 2. The van der Waals surface area contributed by atoms with Gasteiger partial charge in [0.15, 0.2) is 12.4 Å². The summed E-state index contributed by atoms with van der Waals surface area (Å²) in [7, 11) is 0. The largest absolute Gasteiger partial charge is 0.483 e. The zero-order valence-electron chi connectivity index (χ0n) is 19.8. The number of hydrogen-bond donors (Lipinski definition) is 3. The first-order chi connectivity index (χ1) is 16.3. The lowest BCUT2D eigenvalue weighted by atomic mass is 10.1. The predicted octanol–water partition coefficient (Wildman–Crippen LogP) is 2.64. The fraction of sp³-hybridized carbons (Fsp3) is 0.500. The molecule has 0 aliphatic heterocycles. The Hall–Kier alpha value is -3.07. The van der Waals surface area contributed by atoms with E-state index in [1.54, 1.807) is 31.3 Å². The number of rotatable bonds is 12. The van der Waals surface area contributed by atoms with Gasteiger partial charge in [0, 0.05) is 41.6 Å². The molecule has 3 rings (SSSR count). The topological polar surface area (TPSA) is 114 Å². The standard InChI is InChI=1S/C24H32ClN5O4/c1-4-15(2)10-27-23-24(33)30(16(3)11-28-23)13-21(31)26-12-17-9-18(25)5-8-20(17)34-14-22(32)29-19-6-7-19/h5,8-9,11,15,19H,4,6-7,10,12-14H2,1-3H3,(H,26,31)(H,27,28)(H,29,32)/t15-/m0/s1. The first-order valence-electron chi connectivity index (χ1n) is 11.5. The Morgan fingerprint density at radius 3 is 2.76 bits per heavy atom. The van der Waals surface area contributed by atoms with Gasteiger partial charge >= 0.3 is 0 Å². The molecule has 2 aromatic rings.